The predicted molar refractivity (Wildman–Crippen MR) is 121 cm³/mol. The van der Waals surface area contributed by atoms with E-state index in [1.165, 1.54) is 0 Å². The van der Waals surface area contributed by atoms with Crippen molar-refractivity contribution in [2.45, 2.75) is 52.6 Å². The van der Waals surface area contributed by atoms with Crippen LogP contribution in [0.5, 0.6) is 0 Å². The molecule has 0 fully saturated rings. The molecule has 0 aliphatic carbocycles. The topological polar surface area (TPSA) is 131 Å². The third kappa shape index (κ3) is 4.95. The summed E-state index contributed by atoms with van der Waals surface area (Å²) in [5.41, 5.74) is 0.737. The zero-order valence-electron chi connectivity index (χ0n) is 19.7. The molecule has 1 aromatic rings. The number of urea groups is 1. The van der Waals surface area contributed by atoms with E-state index in [0.29, 0.717) is 6.42 Å². The van der Waals surface area contributed by atoms with E-state index in [-0.39, 0.29) is 41.3 Å². The number of hydrogen-bond acceptors (Lipinski definition) is 7. The van der Waals surface area contributed by atoms with Crippen LogP contribution in [0.15, 0.2) is 35.5 Å². The van der Waals surface area contributed by atoms with Crippen LogP contribution in [-0.2, 0) is 19.1 Å². The van der Waals surface area contributed by atoms with Crippen LogP contribution in [0, 0.1) is 5.92 Å². The van der Waals surface area contributed by atoms with Crippen LogP contribution in [0.2, 0.25) is 0 Å². The standard InChI is InChI=1S/C24H29N3O7/c1-5-16-19(23(31)33-6-2)17(26-24(32)25-16)12-34-22(30)18(11-13(3)4)27-20(28)14-9-7-8-10-15(14)21(27)29/h7-10,13,16,18H,5-6,11-12H2,1-4H3,(H2,25,26,32). The molecular formula is C24H29N3O7. The molecule has 0 saturated heterocycles. The highest BCUT2D eigenvalue weighted by Gasteiger charge is 2.43. The van der Waals surface area contributed by atoms with Crippen LogP contribution < -0.4 is 10.6 Å². The Balaban J connectivity index is 1.86. The van der Waals surface area contributed by atoms with E-state index in [1.807, 2.05) is 13.8 Å². The van der Waals surface area contributed by atoms with E-state index >= 15 is 0 Å². The van der Waals surface area contributed by atoms with E-state index in [4.69, 9.17) is 9.47 Å². The van der Waals surface area contributed by atoms with Crippen molar-refractivity contribution in [3.63, 3.8) is 0 Å². The molecule has 2 aliphatic heterocycles. The fraction of sp³-hybridized carbons (Fsp3) is 0.458. The van der Waals surface area contributed by atoms with Crippen molar-refractivity contribution in [1.82, 2.24) is 15.5 Å². The number of rotatable bonds is 9. The third-order valence-electron chi connectivity index (χ3n) is 5.61. The Morgan fingerprint density at radius 1 is 1.03 bits per heavy atom. The van der Waals surface area contributed by atoms with Gasteiger partial charge in [0, 0.05) is 0 Å². The van der Waals surface area contributed by atoms with Gasteiger partial charge in [-0.15, -0.1) is 0 Å². The molecule has 34 heavy (non-hydrogen) atoms. The first-order chi connectivity index (χ1) is 16.2. The zero-order chi connectivity index (χ0) is 25.0. The lowest BCUT2D eigenvalue weighted by atomic mass is 10.0. The first kappa shape index (κ1) is 24.9. The SMILES string of the molecule is CCOC(=O)C1=C(COC(=O)C(CC(C)C)N2C(=O)c3ccccc3C2=O)NC(=O)NC1CC. The number of carbonyl (C=O) groups is 5. The average molecular weight is 472 g/mol. The Bertz CT molecular complexity index is 1010. The summed E-state index contributed by atoms with van der Waals surface area (Å²) in [5.74, 6) is -2.59. The molecule has 4 amide bonds. The minimum atomic E-state index is -1.15. The summed E-state index contributed by atoms with van der Waals surface area (Å²) >= 11 is 0. The maximum absolute atomic E-state index is 13.1. The van der Waals surface area contributed by atoms with Crippen LogP contribution in [-0.4, -0.2) is 60.0 Å². The second kappa shape index (κ2) is 10.5. The summed E-state index contributed by atoms with van der Waals surface area (Å²) in [4.78, 5) is 64.6. The lowest BCUT2D eigenvalue weighted by Gasteiger charge is -2.29. The Morgan fingerprint density at radius 2 is 1.65 bits per heavy atom. The number of esters is 2. The van der Waals surface area contributed by atoms with E-state index in [0.717, 1.165) is 4.90 Å². The fourth-order valence-electron chi connectivity index (χ4n) is 4.06. The summed E-state index contributed by atoms with van der Waals surface area (Å²) in [7, 11) is 0. The number of carbonyl (C=O) groups excluding carboxylic acids is 5. The Hall–Kier alpha value is -3.69. The van der Waals surface area contributed by atoms with Gasteiger partial charge >= 0.3 is 18.0 Å². The molecule has 0 aromatic heterocycles. The Labute approximate surface area is 197 Å². The number of ether oxygens (including phenoxy) is 2. The lowest BCUT2D eigenvalue weighted by molar-refractivity contribution is -0.148. The largest absolute Gasteiger partial charge is 0.463 e. The predicted octanol–water partition coefficient (Wildman–Crippen LogP) is 2.15. The lowest BCUT2D eigenvalue weighted by Crippen LogP contribution is -2.51. The molecule has 0 saturated carbocycles. The van der Waals surface area contributed by atoms with Crippen LogP contribution in [0.3, 0.4) is 0 Å². The maximum Gasteiger partial charge on any atom is 0.338 e. The van der Waals surface area contributed by atoms with Gasteiger partial charge in [0.1, 0.15) is 12.6 Å². The van der Waals surface area contributed by atoms with Gasteiger partial charge in [-0.05, 0) is 37.8 Å². The number of hydrogen-bond donors (Lipinski definition) is 2. The van der Waals surface area contributed by atoms with Gasteiger partial charge in [0.05, 0.1) is 35.0 Å². The normalized spacial score (nSPS) is 18.4. The molecule has 0 spiro atoms. The number of amides is 4. The summed E-state index contributed by atoms with van der Waals surface area (Å²) in [6, 6.07) is 4.08. The van der Waals surface area contributed by atoms with Crippen molar-refractivity contribution in [3.05, 3.63) is 46.7 Å². The van der Waals surface area contributed by atoms with E-state index in [9.17, 15) is 24.0 Å². The highest BCUT2D eigenvalue weighted by Crippen LogP contribution is 2.28. The molecule has 2 heterocycles. The minimum absolute atomic E-state index is 0.0285. The van der Waals surface area contributed by atoms with Crippen molar-refractivity contribution in [2.24, 2.45) is 5.92 Å². The molecule has 3 rings (SSSR count). The number of imide groups is 1. The molecular weight excluding hydrogens is 442 g/mol. The van der Waals surface area contributed by atoms with Gasteiger partial charge in [-0.25, -0.2) is 14.4 Å². The van der Waals surface area contributed by atoms with Gasteiger partial charge < -0.3 is 20.1 Å². The fourth-order valence-corrected chi connectivity index (χ4v) is 4.06. The van der Waals surface area contributed by atoms with E-state index in [1.54, 1.807) is 38.1 Å². The molecule has 2 unspecified atom stereocenters. The number of nitrogens with zero attached hydrogens (tertiary/aromatic N) is 1. The molecule has 2 atom stereocenters. The highest BCUT2D eigenvalue weighted by molar-refractivity contribution is 6.22. The van der Waals surface area contributed by atoms with Gasteiger partial charge in [0.2, 0.25) is 0 Å². The summed E-state index contributed by atoms with van der Waals surface area (Å²) in [5, 5.41) is 5.15. The minimum Gasteiger partial charge on any atom is -0.463 e. The second-order valence-corrected chi connectivity index (χ2v) is 8.45. The zero-order valence-corrected chi connectivity index (χ0v) is 19.7. The van der Waals surface area contributed by atoms with E-state index < -0.39 is 48.5 Å². The van der Waals surface area contributed by atoms with Gasteiger partial charge in [-0.2, -0.15) is 0 Å². The van der Waals surface area contributed by atoms with Crippen LogP contribution in [0.4, 0.5) is 4.79 Å². The van der Waals surface area contributed by atoms with Gasteiger partial charge in [-0.3, -0.25) is 14.5 Å². The monoisotopic (exact) mass is 471 g/mol. The molecule has 10 nitrogen and oxygen atoms in total. The summed E-state index contributed by atoms with van der Waals surface area (Å²) < 4.78 is 10.6. The molecule has 182 valence electrons. The van der Waals surface area contributed by atoms with Crippen molar-refractivity contribution in [2.75, 3.05) is 13.2 Å². The first-order valence-electron chi connectivity index (χ1n) is 11.3. The summed E-state index contributed by atoms with van der Waals surface area (Å²) in [6.45, 7) is 6.88. The maximum atomic E-state index is 13.1. The van der Waals surface area contributed by atoms with Crippen LogP contribution >= 0.6 is 0 Å². The number of fused-ring (bicyclic) bond motifs is 1. The number of nitrogens with one attached hydrogen (secondary N) is 2. The number of benzene rings is 1. The van der Waals surface area contributed by atoms with Crippen molar-refractivity contribution in [3.8, 4) is 0 Å². The van der Waals surface area contributed by atoms with Crippen LogP contribution in [0.25, 0.3) is 0 Å². The Morgan fingerprint density at radius 3 is 2.18 bits per heavy atom. The van der Waals surface area contributed by atoms with Crippen molar-refractivity contribution >= 4 is 29.8 Å². The van der Waals surface area contributed by atoms with E-state index in [2.05, 4.69) is 10.6 Å². The highest BCUT2D eigenvalue weighted by atomic mass is 16.5. The Kier molecular flexibility index (Phi) is 7.70. The third-order valence-corrected chi connectivity index (χ3v) is 5.61. The first-order valence-corrected chi connectivity index (χ1v) is 11.3. The molecule has 0 radical (unpaired) electrons. The molecule has 2 aliphatic rings. The van der Waals surface area contributed by atoms with Crippen LogP contribution in [0.1, 0.15) is 61.3 Å². The van der Waals surface area contributed by atoms with Gasteiger partial charge in [-0.1, -0.05) is 32.9 Å². The second-order valence-electron chi connectivity index (χ2n) is 8.45. The molecule has 0 bridgehead atoms. The van der Waals surface area contributed by atoms with Crippen molar-refractivity contribution < 1.29 is 33.4 Å². The summed E-state index contributed by atoms with van der Waals surface area (Å²) in [6.07, 6.45) is 0.615. The quantitative estimate of drug-likeness (QED) is 0.417. The average Bonchev–Trinajstić information content (AvgIpc) is 3.05. The smallest absolute Gasteiger partial charge is 0.338 e. The molecule has 1 aromatic carbocycles. The molecule has 10 heteroatoms. The van der Waals surface area contributed by atoms with Gasteiger partial charge in [0.25, 0.3) is 11.8 Å². The molecule has 2 N–H and O–H groups in total. The van der Waals surface area contributed by atoms with Gasteiger partial charge in [0.15, 0.2) is 0 Å². The van der Waals surface area contributed by atoms with Crippen molar-refractivity contribution in [1.29, 1.82) is 0 Å².